The number of ether oxygens (including phenoxy) is 2. The second-order valence-corrected chi connectivity index (χ2v) is 9.96. The number of amides is 1. The lowest BCUT2D eigenvalue weighted by molar-refractivity contribution is -0.122. The van der Waals surface area contributed by atoms with Crippen LogP contribution in [0.2, 0.25) is 0 Å². The number of benzene rings is 2. The van der Waals surface area contributed by atoms with Crippen molar-refractivity contribution in [1.29, 1.82) is 5.26 Å². The topological polar surface area (TPSA) is 119 Å². The third-order valence-corrected chi connectivity index (χ3v) is 7.53. The average molecular weight is 469 g/mol. The Morgan fingerprint density at radius 2 is 1.97 bits per heavy atom. The average Bonchev–Trinajstić information content (AvgIpc) is 3.07. The second-order valence-electron chi connectivity index (χ2n) is 9.96. The fourth-order valence-corrected chi connectivity index (χ4v) is 6.21. The number of nitrogens with zero attached hydrogens (tertiary/aromatic N) is 2. The van der Waals surface area contributed by atoms with Crippen molar-refractivity contribution in [2.75, 3.05) is 12.0 Å². The fourth-order valence-electron chi connectivity index (χ4n) is 6.21. The van der Waals surface area contributed by atoms with Crippen LogP contribution in [0.4, 0.5) is 5.69 Å². The van der Waals surface area contributed by atoms with E-state index in [0.717, 1.165) is 5.56 Å². The molecule has 0 unspecified atom stereocenters. The number of rotatable bonds is 1. The number of anilines is 1. The standard InChI is InChI=1S/C27H23N3O5/c1-13-11-26(2,3)30-21-16(13)9-14(33-4)10-17(21)27(25(30)32)18(12-28)23(29)35-22-15-7-5-6-8-19(15)34-24(31)20(22)27/h5-10,13H,11,29H2,1-4H3/t13-,27-/m1/s1. The van der Waals surface area contributed by atoms with Crippen molar-refractivity contribution in [3.63, 3.8) is 0 Å². The van der Waals surface area contributed by atoms with E-state index in [1.165, 1.54) is 0 Å². The summed E-state index contributed by atoms with van der Waals surface area (Å²) in [4.78, 5) is 30.0. The third-order valence-electron chi connectivity index (χ3n) is 7.53. The van der Waals surface area contributed by atoms with E-state index in [-0.39, 0.29) is 28.7 Å². The molecule has 0 saturated heterocycles. The van der Waals surface area contributed by atoms with E-state index in [4.69, 9.17) is 19.6 Å². The van der Waals surface area contributed by atoms with Crippen LogP contribution in [0.5, 0.6) is 11.5 Å². The number of methoxy groups -OCH3 is 1. The van der Waals surface area contributed by atoms with Crippen molar-refractivity contribution in [2.24, 2.45) is 5.73 Å². The summed E-state index contributed by atoms with van der Waals surface area (Å²) in [5.41, 5.74) is 5.36. The molecule has 8 heteroatoms. The second kappa shape index (κ2) is 6.66. The van der Waals surface area contributed by atoms with Gasteiger partial charge in [0.1, 0.15) is 28.5 Å². The molecule has 35 heavy (non-hydrogen) atoms. The Morgan fingerprint density at radius 1 is 1.23 bits per heavy atom. The normalized spacial score (nSPS) is 23.7. The SMILES string of the molecule is COc1cc2c3c(c1)[C@@]1(C(=O)N3C(C)(C)C[C@H]2C)C(C#N)=C(N)Oc2c1c(=O)oc1ccccc21. The number of para-hydroxylation sites is 1. The Hall–Kier alpha value is -4.25. The first-order valence-electron chi connectivity index (χ1n) is 11.4. The lowest BCUT2D eigenvalue weighted by Crippen LogP contribution is -2.55. The molecule has 1 spiro atoms. The Labute approximate surface area is 201 Å². The van der Waals surface area contributed by atoms with Crippen LogP contribution in [0.25, 0.3) is 11.0 Å². The Kier molecular flexibility index (Phi) is 4.05. The molecule has 4 heterocycles. The molecule has 2 N–H and O–H groups in total. The molecule has 0 radical (unpaired) electrons. The van der Waals surface area contributed by atoms with Crippen molar-refractivity contribution in [2.45, 2.75) is 44.1 Å². The van der Waals surface area contributed by atoms with Gasteiger partial charge >= 0.3 is 5.63 Å². The summed E-state index contributed by atoms with van der Waals surface area (Å²) in [6.07, 6.45) is 0.686. The minimum atomic E-state index is -1.82. The first kappa shape index (κ1) is 21.3. The van der Waals surface area contributed by atoms with Gasteiger partial charge in [-0.25, -0.2) is 4.79 Å². The smallest absolute Gasteiger partial charge is 0.345 e. The number of hydrogen-bond donors (Lipinski definition) is 1. The van der Waals surface area contributed by atoms with Crippen molar-refractivity contribution >= 4 is 22.6 Å². The van der Waals surface area contributed by atoms with Crippen LogP contribution >= 0.6 is 0 Å². The highest BCUT2D eigenvalue weighted by Crippen LogP contribution is 2.61. The molecular weight excluding hydrogens is 446 g/mol. The molecule has 0 fully saturated rings. The van der Waals surface area contributed by atoms with Gasteiger partial charge in [0, 0.05) is 11.1 Å². The lowest BCUT2D eigenvalue weighted by Gasteiger charge is -2.44. The number of carbonyl (C=O) groups excluding carboxylic acids is 1. The van der Waals surface area contributed by atoms with Gasteiger partial charge in [-0.15, -0.1) is 0 Å². The van der Waals surface area contributed by atoms with Gasteiger partial charge in [-0.05, 0) is 56.0 Å². The summed E-state index contributed by atoms with van der Waals surface area (Å²) >= 11 is 0. The van der Waals surface area contributed by atoms with Crippen LogP contribution in [0.15, 0.2) is 57.1 Å². The van der Waals surface area contributed by atoms with Crippen LogP contribution < -0.4 is 25.7 Å². The number of fused-ring (bicyclic) bond motifs is 5. The molecular formula is C27H23N3O5. The zero-order chi connectivity index (χ0) is 24.9. The van der Waals surface area contributed by atoms with Gasteiger partial charge in [0.05, 0.1) is 18.2 Å². The van der Waals surface area contributed by atoms with Gasteiger partial charge in [0.2, 0.25) is 11.8 Å². The van der Waals surface area contributed by atoms with E-state index in [0.29, 0.717) is 34.4 Å². The zero-order valence-electron chi connectivity index (χ0n) is 19.8. The largest absolute Gasteiger partial charge is 0.497 e. The quantitative estimate of drug-likeness (QED) is 0.538. The van der Waals surface area contributed by atoms with Crippen molar-refractivity contribution in [3.8, 4) is 17.6 Å². The van der Waals surface area contributed by atoms with E-state index in [1.807, 2.05) is 19.9 Å². The molecule has 0 bridgehead atoms. The number of nitrogens with two attached hydrogens (primary N) is 1. The van der Waals surface area contributed by atoms with Crippen LogP contribution in [0.1, 0.15) is 49.8 Å². The third kappa shape index (κ3) is 2.40. The highest BCUT2D eigenvalue weighted by atomic mass is 16.5. The highest BCUT2D eigenvalue weighted by Gasteiger charge is 2.65. The van der Waals surface area contributed by atoms with Gasteiger partial charge in [-0.2, -0.15) is 5.26 Å². The van der Waals surface area contributed by atoms with Gasteiger partial charge in [0.15, 0.2) is 11.2 Å². The maximum atomic E-state index is 14.7. The summed E-state index contributed by atoms with van der Waals surface area (Å²) in [5, 5.41) is 10.8. The summed E-state index contributed by atoms with van der Waals surface area (Å²) < 4.78 is 17.2. The summed E-state index contributed by atoms with van der Waals surface area (Å²) in [6.45, 7) is 6.07. The van der Waals surface area contributed by atoms with Crippen LogP contribution in [-0.4, -0.2) is 18.6 Å². The van der Waals surface area contributed by atoms with Crippen LogP contribution in [0.3, 0.4) is 0 Å². The van der Waals surface area contributed by atoms with E-state index < -0.39 is 22.5 Å². The van der Waals surface area contributed by atoms with Crippen molar-refractivity contribution in [3.05, 3.63) is 75.0 Å². The maximum Gasteiger partial charge on any atom is 0.345 e. The molecule has 3 aromatic rings. The van der Waals surface area contributed by atoms with Crippen molar-refractivity contribution < 1.29 is 18.7 Å². The summed E-state index contributed by atoms with van der Waals surface area (Å²) in [5.74, 6) is 0.113. The van der Waals surface area contributed by atoms with E-state index in [2.05, 4.69) is 13.0 Å². The monoisotopic (exact) mass is 469 g/mol. The van der Waals surface area contributed by atoms with Crippen LogP contribution in [-0.2, 0) is 10.2 Å². The number of nitriles is 1. The highest BCUT2D eigenvalue weighted by molar-refractivity contribution is 6.16. The van der Waals surface area contributed by atoms with Gasteiger partial charge in [-0.3, -0.25) is 4.79 Å². The molecule has 2 aromatic carbocycles. The predicted octanol–water partition coefficient (Wildman–Crippen LogP) is 3.81. The predicted molar refractivity (Wildman–Crippen MR) is 128 cm³/mol. The molecule has 3 aliphatic heterocycles. The fraction of sp³-hybridized carbons (Fsp3) is 0.296. The molecule has 176 valence electrons. The maximum absolute atomic E-state index is 14.7. The minimum Gasteiger partial charge on any atom is -0.497 e. The molecule has 2 atom stereocenters. The molecule has 3 aliphatic rings. The Morgan fingerprint density at radius 3 is 2.69 bits per heavy atom. The van der Waals surface area contributed by atoms with Gasteiger partial charge in [-0.1, -0.05) is 19.1 Å². The summed E-state index contributed by atoms with van der Waals surface area (Å²) in [6, 6.07) is 12.6. The first-order valence-corrected chi connectivity index (χ1v) is 11.4. The zero-order valence-corrected chi connectivity index (χ0v) is 19.8. The minimum absolute atomic E-state index is 0.0414. The molecule has 1 aromatic heterocycles. The van der Waals surface area contributed by atoms with Crippen LogP contribution in [0, 0.1) is 11.3 Å². The number of carbonyl (C=O) groups is 1. The molecule has 6 rings (SSSR count). The van der Waals surface area contributed by atoms with Gasteiger partial charge < -0.3 is 24.5 Å². The lowest BCUT2D eigenvalue weighted by atomic mass is 9.68. The Bertz CT molecular complexity index is 1610. The molecule has 0 aliphatic carbocycles. The number of hydrogen-bond acceptors (Lipinski definition) is 7. The molecule has 1 amide bonds. The van der Waals surface area contributed by atoms with Gasteiger partial charge in [0.25, 0.3) is 0 Å². The summed E-state index contributed by atoms with van der Waals surface area (Å²) in [7, 11) is 1.54. The molecule has 8 nitrogen and oxygen atoms in total. The molecule has 0 saturated carbocycles. The van der Waals surface area contributed by atoms with Crippen molar-refractivity contribution in [1.82, 2.24) is 0 Å². The van der Waals surface area contributed by atoms with E-state index in [1.54, 1.807) is 42.3 Å². The van der Waals surface area contributed by atoms with E-state index in [9.17, 15) is 14.9 Å². The van der Waals surface area contributed by atoms with E-state index >= 15 is 0 Å². The Balaban J connectivity index is 1.86. The first-order chi connectivity index (χ1) is 16.7.